The van der Waals surface area contributed by atoms with Gasteiger partial charge in [0.1, 0.15) is 23.0 Å². The molecule has 2 heterocycles. The van der Waals surface area contributed by atoms with Crippen LogP contribution in [-0.2, 0) is 43.0 Å². The molecular formula is C22H18O5Y-2. The predicted octanol–water partition coefficient (Wildman–Crippen LogP) is 4.56. The molecule has 0 saturated carbocycles. The Kier molecular flexibility index (Phi) is 5.93. The number of ether oxygens (including phenoxy) is 2. The molecule has 0 aromatic heterocycles. The smallest absolute Gasteiger partial charge is 0.340 e. The maximum Gasteiger partial charge on any atom is 0.340 e. The number of hydrogen-bond donors (Lipinski definition) is 2. The van der Waals surface area contributed by atoms with E-state index < -0.39 is 11.6 Å². The van der Waals surface area contributed by atoms with Crippen LogP contribution < -0.4 is 4.74 Å². The van der Waals surface area contributed by atoms with Gasteiger partial charge in [0.25, 0.3) is 0 Å². The van der Waals surface area contributed by atoms with E-state index in [4.69, 9.17) is 9.47 Å². The van der Waals surface area contributed by atoms with Crippen LogP contribution in [0, 0.1) is 14.9 Å². The summed E-state index contributed by atoms with van der Waals surface area (Å²) in [5.74, 6) is 0.408. The van der Waals surface area contributed by atoms with Crippen molar-refractivity contribution in [2.45, 2.75) is 5.60 Å². The van der Waals surface area contributed by atoms with Crippen LogP contribution in [0.1, 0.15) is 27.0 Å². The van der Waals surface area contributed by atoms with Crippen molar-refractivity contribution < 1.29 is 57.2 Å². The summed E-state index contributed by atoms with van der Waals surface area (Å²) in [5, 5.41) is 19.7. The maximum atomic E-state index is 12.5. The average molecular weight is 451 g/mol. The molecule has 141 valence electrons. The molecule has 2 aliphatic rings. The second kappa shape index (κ2) is 7.57. The van der Waals surface area contributed by atoms with Crippen molar-refractivity contribution in [3.8, 4) is 23.0 Å². The standard InChI is InChI=1S/C20H12O5.2CH3.Y/c21-11-5-7-15-17(9-11)24-18-10-12(22)6-8-16(18)20(15)14-4-2-1-3-13(14)19(23)25-20;;;/h1-10,21-22H;2*1H3;/q;2*-1;. The van der Waals surface area contributed by atoms with Crippen molar-refractivity contribution in [3.63, 3.8) is 0 Å². The van der Waals surface area contributed by atoms with Crippen molar-refractivity contribution in [3.05, 3.63) is 97.8 Å². The SMILES string of the molecule is O=C1OC2(c3ccc(O)cc3Oc3cc(O)ccc32)c2ccccc21.[CH3-].[CH3-].[Y]. The normalized spacial score (nSPS) is 14.1. The Labute approximate surface area is 188 Å². The van der Waals surface area contributed by atoms with Crippen LogP contribution in [0.2, 0.25) is 0 Å². The zero-order valence-corrected chi connectivity index (χ0v) is 18.3. The summed E-state index contributed by atoms with van der Waals surface area (Å²) in [6.07, 6.45) is 0. The third-order valence-corrected chi connectivity index (χ3v) is 4.68. The minimum absolute atomic E-state index is 0. The van der Waals surface area contributed by atoms with Crippen LogP contribution in [0.4, 0.5) is 0 Å². The van der Waals surface area contributed by atoms with Gasteiger partial charge in [-0.3, -0.25) is 0 Å². The molecule has 3 aromatic rings. The first-order valence-electron chi connectivity index (χ1n) is 7.77. The number of carbonyl (C=O) groups excluding carboxylic acids is 1. The third-order valence-electron chi connectivity index (χ3n) is 4.68. The quantitative estimate of drug-likeness (QED) is 0.387. The summed E-state index contributed by atoms with van der Waals surface area (Å²) >= 11 is 0. The number of benzene rings is 3. The van der Waals surface area contributed by atoms with Crippen LogP contribution in [-0.4, -0.2) is 16.2 Å². The van der Waals surface area contributed by atoms with E-state index in [9.17, 15) is 15.0 Å². The van der Waals surface area contributed by atoms with Crippen LogP contribution in [0.5, 0.6) is 23.0 Å². The Morgan fingerprint density at radius 3 is 1.86 bits per heavy atom. The van der Waals surface area contributed by atoms with Crippen molar-refractivity contribution >= 4 is 5.97 Å². The fraction of sp³-hybridized carbons (Fsp3) is 0.0455. The summed E-state index contributed by atoms with van der Waals surface area (Å²) in [7, 11) is 0. The van der Waals surface area contributed by atoms with Crippen LogP contribution in [0.15, 0.2) is 60.7 Å². The molecule has 1 spiro atoms. The Bertz CT molecular complexity index is 1010. The summed E-state index contributed by atoms with van der Waals surface area (Å²) < 4.78 is 11.8. The molecule has 1 radical (unpaired) electrons. The molecule has 0 saturated heterocycles. The molecule has 0 bridgehead atoms. The van der Waals surface area contributed by atoms with Crippen molar-refractivity contribution in [1.82, 2.24) is 0 Å². The van der Waals surface area contributed by atoms with Gasteiger partial charge in [0.15, 0.2) is 5.60 Å². The second-order valence-corrected chi connectivity index (χ2v) is 6.08. The van der Waals surface area contributed by atoms with E-state index in [0.717, 1.165) is 0 Å². The van der Waals surface area contributed by atoms with E-state index in [1.54, 1.807) is 24.3 Å². The van der Waals surface area contributed by atoms with E-state index in [1.165, 1.54) is 24.3 Å². The largest absolute Gasteiger partial charge is 0.508 e. The van der Waals surface area contributed by atoms with Gasteiger partial charge in [-0.1, -0.05) is 18.2 Å². The minimum atomic E-state index is -1.17. The number of esters is 1. The number of phenols is 2. The number of hydrogen-bond acceptors (Lipinski definition) is 5. The first-order chi connectivity index (χ1) is 12.1. The van der Waals surface area contributed by atoms with Crippen molar-refractivity contribution in [2.75, 3.05) is 0 Å². The fourth-order valence-corrected chi connectivity index (χ4v) is 3.65. The number of rotatable bonds is 0. The molecule has 3 aromatic carbocycles. The first-order valence-corrected chi connectivity index (χ1v) is 7.77. The Balaban J connectivity index is 0.000000934. The molecule has 0 amide bonds. The van der Waals surface area contributed by atoms with E-state index in [1.807, 2.05) is 12.1 Å². The zero-order valence-electron chi connectivity index (χ0n) is 15.5. The summed E-state index contributed by atoms with van der Waals surface area (Å²) in [6, 6.07) is 16.6. The number of carbonyl (C=O) groups is 1. The first kappa shape index (κ1) is 21.9. The zero-order chi connectivity index (χ0) is 17.2. The van der Waals surface area contributed by atoms with Gasteiger partial charge in [0.2, 0.25) is 0 Å². The topological polar surface area (TPSA) is 76.0 Å². The Morgan fingerprint density at radius 1 is 0.750 bits per heavy atom. The number of fused-ring (bicyclic) bond motifs is 6. The van der Waals surface area contributed by atoms with Crippen LogP contribution in [0.3, 0.4) is 0 Å². The monoisotopic (exact) mass is 451 g/mol. The molecule has 28 heavy (non-hydrogen) atoms. The Hall–Kier alpha value is -2.37. The molecule has 5 rings (SSSR count). The minimum Gasteiger partial charge on any atom is -0.508 e. The van der Waals surface area contributed by atoms with E-state index >= 15 is 0 Å². The van der Waals surface area contributed by atoms with Crippen molar-refractivity contribution in [1.29, 1.82) is 0 Å². The summed E-state index contributed by atoms with van der Waals surface area (Å²) in [4.78, 5) is 12.5. The van der Waals surface area contributed by atoms with Crippen LogP contribution >= 0.6 is 0 Å². The number of aromatic hydroxyl groups is 2. The van der Waals surface area contributed by atoms with Gasteiger partial charge >= 0.3 is 5.97 Å². The molecule has 5 nitrogen and oxygen atoms in total. The molecule has 6 heteroatoms. The average Bonchev–Trinajstić information content (AvgIpc) is 2.88. The van der Waals surface area contributed by atoms with E-state index in [0.29, 0.717) is 33.8 Å². The van der Waals surface area contributed by atoms with E-state index in [-0.39, 0.29) is 59.1 Å². The van der Waals surface area contributed by atoms with E-state index in [2.05, 4.69) is 0 Å². The van der Waals surface area contributed by atoms with Gasteiger partial charge in [0.05, 0.1) is 5.56 Å². The molecule has 2 N–H and O–H groups in total. The summed E-state index contributed by atoms with van der Waals surface area (Å²) in [6.45, 7) is 0. The third kappa shape index (κ3) is 2.81. The second-order valence-electron chi connectivity index (χ2n) is 6.08. The van der Waals surface area contributed by atoms with Gasteiger partial charge in [-0.15, -0.1) is 0 Å². The molecule has 0 unspecified atom stereocenters. The Morgan fingerprint density at radius 2 is 1.29 bits per heavy atom. The maximum absolute atomic E-state index is 12.5. The van der Waals surface area contributed by atoms with Gasteiger partial charge in [0, 0.05) is 61.5 Å². The van der Waals surface area contributed by atoms with Gasteiger partial charge in [-0.2, -0.15) is 0 Å². The van der Waals surface area contributed by atoms with Crippen LogP contribution in [0.25, 0.3) is 0 Å². The molecular weight excluding hydrogens is 433 g/mol. The predicted molar refractivity (Wildman–Crippen MR) is 101 cm³/mol. The number of phenolic OH excluding ortho intramolecular Hbond substituents is 2. The van der Waals surface area contributed by atoms with Gasteiger partial charge in [-0.05, 0) is 30.3 Å². The summed E-state index contributed by atoms with van der Waals surface area (Å²) in [5.41, 5.74) is 1.28. The molecule has 0 fully saturated rings. The fourth-order valence-electron chi connectivity index (χ4n) is 3.65. The molecule has 0 aliphatic carbocycles. The molecule has 0 atom stereocenters. The molecule has 2 aliphatic heterocycles. The van der Waals surface area contributed by atoms with Gasteiger partial charge in [-0.25, -0.2) is 4.79 Å². The van der Waals surface area contributed by atoms with Crippen molar-refractivity contribution in [2.24, 2.45) is 0 Å². The van der Waals surface area contributed by atoms with Gasteiger partial charge < -0.3 is 34.5 Å².